The van der Waals surface area contributed by atoms with Gasteiger partial charge in [-0.05, 0) is 17.7 Å². The van der Waals surface area contributed by atoms with Crippen LogP contribution >= 0.6 is 0 Å². The number of anilines is 1. The predicted octanol–water partition coefficient (Wildman–Crippen LogP) is 3.74. The second kappa shape index (κ2) is 8.39. The van der Waals surface area contributed by atoms with E-state index in [1.165, 1.54) is 4.57 Å². The molecule has 0 spiro atoms. The van der Waals surface area contributed by atoms with Gasteiger partial charge in [-0.15, -0.1) is 0 Å². The number of rotatable bonds is 6. The van der Waals surface area contributed by atoms with E-state index in [4.69, 9.17) is 4.52 Å². The van der Waals surface area contributed by atoms with Gasteiger partial charge in [0.25, 0.3) is 0 Å². The lowest BCUT2D eigenvalue weighted by Gasteiger charge is -2.23. The molecule has 0 atom stereocenters. The molecule has 0 unspecified atom stereocenters. The molecule has 6 heteroatoms. The van der Waals surface area contributed by atoms with Gasteiger partial charge in [0, 0.05) is 11.3 Å². The Balaban J connectivity index is 1.66. The van der Waals surface area contributed by atoms with Gasteiger partial charge in [0.15, 0.2) is 5.82 Å². The zero-order chi connectivity index (χ0) is 20.1. The fourth-order valence-corrected chi connectivity index (χ4v) is 3.12. The van der Waals surface area contributed by atoms with Crippen molar-refractivity contribution in [2.24, 2.45) is 0 Å². The quantitative estimate of drug-likeness (QED) is 0.507. The van der Waals surface area contributed by atoms with E-state index in [9.17, 15) is 9.59 Å². The molecule has 3 aromatic carbocycles. The minimum Gasteiger partial charge on any atom is -0.306 e. The number of carbonyl (C=O) groups excluding carboxylic acids is 1. The zero-order valence-corrected chi connectivity index (χ0v) is 15.6. The van der Waals surface area contributed by atoms with Crippen LogP contribution < -0.4 is 10.7 Å². The second-order valence-electron chi connectivity index (χ2n) is 6.53. The SMILES string of the molecule is O=C(Cn1c(-c2ccccc2)noc1=O)N(Cc1ccccc1)c1ccccc1. The molecule has 0 aliphatic heterocycles. The molecule has 4 rings (SSSR count). The maximum absolute atomic E-state index is 13.2. The molecular formula is C23H19N3O3. The zero-order valence-electron chi connectivity index (χ0n) is 15.6. The van der Waals surface area contributed by atoms with Crippen molar-refractivity contribution in [3.63, 3.8) is 0 Å². The predicted molar refractivity (Wildman–Crippen MR) is 110 cm³/mol. The van der Waals surface area contributed by atoms with Gasteiger partial charge in [0.1, 0.15) is 6.54 Å². The van der Waals surface area contributed by atoms with Crippen molar-refractivity contribution >= 4 is 11.6 Å². The minimum absolute atomic E-state index is 0.172. The molecule has 0 bridgehead atoms. The highest BCUT2D eigenvalue weighted by Gasteiger charge is 2.21. The highest BCUT2D eigenvalue weighted by molar-refractivity contribution is 5.93. The summed E-state index contributed by atoms with van der Waals surface area (Å²) in [5.74, 6) is -0.566. The van der Waals surface area contributed by atoms with E-state index in [-0.39, 0.29) is 12.5 Å². The fraction of sp³-hybridized carbons (Fsp3) is 0.0870. The number of aromatic nitrogens is 2. The molecule has 0 N–H and O–H groups in total. The van der Waals surface area contributed by atoms with Gasteiger partial charge in [0.2, 0.25) is 5.91 Å². The Bertz CT molecular complexity index is 1140. The van der Waals surface area contributed by atoms with Crippen LogP contribution in [0, 0.1) is 0 Å². The number of benzene rings is 3. The highest BCUT2D eigenvalue weighted by atomic mass is 16.5. The second-order valence-corrected chi connectivity index (χ2v) is 6.53. The van der Waals surface area contributed by atoms with Crippen LogP contribution in [0.15, 0.2) is 100 Å². The molecular weight excluding hydrogens is 366 g/mol. The van der Waals surface area contributed by atoms with E-state index < -0.39 is 5.76 Å². The minimum atomic E-state index is -0.662. The molecule has 29 heavy (non-hydrogen) atoms. The number of hydrogen-bond acceptors (Lipinski definition) is 4. The van der Waals surface area contributed by atoms with Crippen LogP contribution in [-0.2, 0) is 17.9 Å². The molecule has 0 saturated carbocycles. The standard InChI is InChI=1S/C23H19N3O3/c27-21(17-26-22(24-29-23(26)28)19-12-6-2-7-13-19)25(20-14-8-3-9-15-20)16-18-10-4-1-5-11-18/h1-15H,16-17H2. The van der Waals surface area contributed by atoms with Crippen molar-refractivity contribution < 1.29 is 9.32 Å². The van der Waals surface area contributed by atoms with Crippen LogP contribution in [0.1, 0.15) is 5.56 Å². The summed E-state index contributed by atoms with van der Waals surface area (Å²) in [5.41, 5.74) is 2.46. The third kappa shape index (κ3) is 4.16. The largest absolute Gasteiger partial charge is 0.442 e. The van der Waals surface area contributed by atoms with Crippen LogP contribution in [0.3, 0.4) is 0 Å². The van der Waals surface area contributed by atoms with Crippen molar-refractivity contribution in [2.45, 2.75) is 13.1 Å². The Morgan fingerprint density at radius 1 is 0.862 bits per heavy atom. The van der Waals surface area contributed by atoms with Crippen molar-refractivity contribution in [3.8, 4) is 11.4 Å². The molecule has 4 aromatic rings. The van der Waals surface area contributed by atoms with Crippen molar-refractivity contribution in [2.75, 3.05) is 4.90 Å². The summed E-state index contributed by atoms with van der Waals surface area (Å²) in [6.45, 7) is 0.221. The van der Waals surface area contributed by atoms with Crippen molar-refractivity contribution in [1.29, 1.82) is 0 Å². The van der Waals surface area contributed by atoms with E-state index in [2.05, 4.69) is 5.16 Å². The van der Waals surface area contributed by atoms with Gasteiger partial charge in [-0.2, -0.15) is 0 Å². The third-order valence-corrected chi connectivity index (χ3v) is 4.56. The smallest absolute Gasteiger partial charge is 0.306 e. The summed E-state index contributed by atoms with van der Waals surface area (Å²) in [6.07, 6.45) is 0. The number of para-hydroxylation sites is 1. The van der Waals surface area contributed by atoms with E-state index in [1.54, 1.807) is 4.90 Å². The molecule has 6 nitrogen and oxygen atoms in total. The summed E-state index contributed by atoms with van der Waals surface area (Å²) >= 11 is 0. The van der Waals surface area contributed by atoms with Crippen LogP contribution in [0.4, 0.5) is 5.69 Å². The van der Waals surface area contributed by atoms with Crippen molar-refractivity contribution in [1.82, 2.24) is 9.72 Å². The normalized spacial score (nSPS) is 10.6. The fourth-order valence-electron chi connectivity index (χ4n) is 3.12. The number of nitrogens with zero attached hydrogens (tertiary/aromatic N) is 3. The first-order valence-corrected chi connectivity index (χ1v) is 9.23. The molecule has 0 aliphatic rings. The van der Waals surface area contributed by atoms with Crippen LogP contribution in [-0.4, -0.2) is 15.6 Å². The van der Waals surface area contributed by atoms with Crippen LogP contribution in [0.25, 0.3) is 11.4 Å². The first kappa shape index (κ1) is 18.4. The summed E-state index contributed by atoms with van der Waals surface area (Å²) in [4.78, 5) is 27.1. The molecule has 0 radical (unpaired) electrons. The van der Waals surface area contributed by atoms with Gasteiger partial charge in [-0.25, -0.2) is 9.36 Å². The molecule has 144 valence electrons. The van der Waals surface area contributed by atoms with Gasteiger partial charge in [-0.3, -0.25) is 9.32 Å². The van der Waals surface area contributed by atoms with Crippen LogP contribution in [0.5, 0.6) is 0 Å². The maximum Gasteiger partial charge on any atom is 0.442 e. The average Bonchev–Trinajstić information content (AvgIpc) is 3.14. The molecule has 0 saturated heterocycles. The first-order valence-electron chi connectivity index (χ1n) is 9.23. The van der Waals surface area contributed by atoms with Gasteiger partial charge in [-0.1, -0.05) is 84.0 Å². The summed E-state index contributed by atoms with van der Waals surface area (Å²) in [7, 11) is 0. The summed E-state index contributed by atoms with van der Waals surface area (Å²) < 4.78 is 6.10. The number of carbonyl (C=O) groups is 1. The topological polar surface area (TPSA) is 68.3 Å². The highest BCUT2D eigenvalue weighted by Crippen LogP contribution is 2.19. The lowest BCUT2D eigenvalue weighted by atomic mass is 10.2. The Labute approximate surface area is 167 Å². The monoisotopic (exact) mass is 385 g/mol. The molecule has 1 heterocycles. The van der Waals surface area contributed by atoms with E-state index in [0.717, 1.165) is 11.3 Å². The van der Waals surface area contributed by atoms with Crippen molar-refractivity contribution in [3.05, 3.63) is 107 Å². The van der Waals surface area contributed by atoms with Gasteiger partial charge < -0.3 is 4.90 Å². The lowest BCUT2D eigenvalue weighted by molar-refractivity contribution is -0.119. The summed E-state index contributed by atoms with van der Waals surface area (Å²) in [6, 6.07) is 28.3. The molecule has 0 aliphatic carbocycles. The Hall–Kier alpha value is -3.93. The van der Waals surface area contributed by atoms with E-state index in [1.807, 2.05) is 91.0 Å². The van der Waals surface area contributed by atoms with E-state index >= 15 is 0 Å². The average molecular weight is 385 g/mol. The Kier molecular flexibility index (Phi) is 5.33. The number of amides is 1. The Morgan fingerprint density at radius 2 is 1.45 bits per heavy atom. The number of hydrogen-bond donors (Lipinski definition) is 0. The van der Waals surface area contributed by atoms with E-state index in [0.29, 0.717) is 17.9 Å². The lowest BCUT2D eigenvalue weighted by Crippen LogP contribution is -2.35. The third-order valence-electron chi connectivity index (χ3n) is 4.56. The summed E-state index contributed by atoms with van der Waals surface area (Å²) in [5, 5.41) is 3.86. The Morgan fingerprint density at radius 3 is 2.10 bits per heavy atom. The van der Waals surface area contributed by atoms with Crippen LogP contribution in [0.2, 0.25) is 0 Å². The van der Waals surface area contributed by atoms with Gasteiger partial charge >= 0.3 is 5.76 Å². The first-order chi connectivity index (χ1) is 14.2. The molecule has 1 aromatic heterocycles. The van der Waals surface area contributed by atoms with Gasteiger partial charge in [0.05, 0.1) is 6.54 Å². The molecule has 0 fully saturated rings. The molecule has 1 amide bonds. The maximum atomic E-state index is 13.2.